The molecule has 82 valence electrons. The number of halogens is 2. The monoisotopic (exact) mass is 262 g/mol. The van der Waals surface area contributed by atoms with Crippen LogP contribution in [0.1, 0.15) is 19.8 Å². The van der Waals surface area contributed by atoms with Gasteiger partial charge >= 0.3 is 0 Å². The Balaban J connectivity index is 2.38. The molecule has 1 aromatic rings. The summed E-state index contributed by atoms with van der Waals surface area (Å²) in [4.78, 5) is 11.8. The topological polar surface area (TPSA) is 17.1 Å². The Labute approximate surface area is 104 Å². The fourth-order valence-corrected chi connectivity index (χ4v) is 2.33. The van der Waals surface area contributed by atoms with E-state index in [4.69, 9.17) is 23.2 Å². The number of benzene rings is 1. The Morgan fingerprint density at radius 3 is 2.67 bits per heavy atom. The van der Waals surface area contributed by atoms with E-state index < -0.39 is 0 Å². The van der Waals surface area contributed by atoms with Crippen LogP contribution >= 0.6 is 35.0 Å². The molecular weight excluding hydrogens is 251 g/mol. The van der Waals surface area contributed by atoms with Gasteiger partial charge < -0.3 is 4.79 Å². The second-order valence-corrected chi connectivity index (χ2v) is 5.21. The first-order valence-electron chi connectivity index (χ1n) is 4.67. The van der Waals surface area contributed by atoms with E-state index in [1.54, 1.807) is 24.8 Å². The predicted octanol–water partition coefficient (Wildman–Crippen LogP) is 4.45. The maximum atomic E-state index is 10.7. The van der Waals surface area contributed by atoms with Crippen LogP contribution in [0.2, 0.25) is 10.0 Å². The summed E-state index contributed by atoms with van der Waals surface area (Å²) in [6.45, 7) is 1.61. The number of rotatable bonds is 5. The number of carbonyl (C=O) groups is 1. The highest BCUT2D eigenvalue weighted by Crippen LogP contribution is 2.28. The van der Waals surface area contributed by atoms with Crippen molar-refractivity contribution in [3.05, 3.63) is 28.2 Å². The third-order valence-corrected chi connectivity index (χ3v) is 3.65. The minimum atomic E-state index is 0.240. The van der Waals surface area contributed by atoms with Crippen LogP contribution in [0.15, 0.2) is 23.1 Å². The number of hydrogen-bond acceptors (Lipinski definition) is 2. The zero-order valence-electron chi connectivity index (χ0n) is 8.43. The van der Waals surface area contributed by atoms with Gasteiger partial charge in [0.25, 0.3) is 0 Å². The third kappa shape index (κ3) is 4.92. The molecule has 0 aliphatic rings. The van der Waals surface area contributed by atoms with E-state index in [-0.39, 0.29) is 5.78 Å². The van der Waals surface area contributed by atoms with Crippen LogP contribution in [0.25, 0.3) is 0 Å². The summed E-state index contributed by atoms with van der Waals surface area (Å²) in [6.07, 6.45) is 1.55. The molecule has 0 saturated heterocycles. The number of ketones is 1. The quantitative estimate of drug-likeness (QED) is 0.576. The minimum absolute atomic E-state index is 0.240. The molecule has 0 aromatic heterocycles. The predicted molar refractivity (Wildman–Crippen MR) is 67.1 cm³/mol. The van der Waals surface area contributed by atoms with Gasteiger partial charge in [0, 0.05) is 11.3 Å². The van der Waals surface area contributed by atoms with Crippen LogP contribution in [0.5, 0.6) is 0 Å². The molecule has 0 aliphatic carbocycles. The smallest absolute Gasteiger partial charge is 0.129 e. The molecule has 0 saturated carbocycles. The van der Waals surface area contributed by atoms with E-state index in [0.717, 1.165) is 17.1 Å². The number of thioether (sulfide) groups is 1. The standard InChI is InChI=1S/C11H12Cl2OS/c1-8(14)3-2-6-15-9-4-5-10(12)11(13)7-9/h4-5,7H,2-3,6H2,1H3. The van der Waals surface area contributed by atoms with Gasteiger partial charge in [-0.05, 0) is 37.3 Å². The van der Waals surface area contributed by atoms with Crippen molar-refractivity contribution >= 4 is 40.7 Å². The second-order valence-electron chi connectivity index (χ2n) is 3.23. The van der Waals surface area contributed by atoms with Gasteiger partial charge in [-0.25, -0.2) is 0 Å². The average Bonchev–Trinajstić information content (AvgIpc) is 2.18. The molecule has 1 rings (SSSR count). The highest BCUT2D eigenvalue weighted by atomic mass is 35.5. The van der Waals surface area contributed by atoms with Crippen molar-refractivity contribution in [2.45, 2.75) is 24.7 Å². The summed E-state index contributed by atoms with van der Waals surface area (Å²) in [6, 6.07) is 5.58. The summed E-state index contributed by atoms with van der Waals surface area (Å²) >= 11 is 13.4. The number of carbonyl (C=O) groups excluding carboxylic acids is 1. The Kier molecular flexibility index (Phi) is 5.51. The molecule has 0 N–H and O–H groups in total. The van der Waals surface area contributed by atoms with Crippen molar-refractivity contribution in [1.82, 2.24) is 0 Å². The zero-order chi connectivity index (χ0) is 11.3. The first-order chi connectivity index (χ1) is 7.09. The summed E-state index contributed by atoms with van der Waals surface area (Å²) in [7, 11) is 0. The molecule has 0 spiro atoms. The number of Topliss-reactive ketones (excluding diaryl/α,β-unsaturated/α-hetero) is 1. The fourth-order valence-electron chi connectivity index (χ4n) is 1.08. The highest BCUT2D eigenvalue weighted by Gasteiger charge is 2.00. The molecule has 0 radical (unpaired) electrons. The lowest BCUT2D eigenvalue weighted by molar-refractivity contribution is -0.117. The van der Waals surface area contributed by atoms with Crippen molar-refractivity contribution in [2.24, 2.45) is 0 Å². The van der Waals surface area contributed by atoms with Gasteiger partial charge in [0.15, 0.2) is 0 Å². The SMILES string of the molecule is CC(=O)CCCSc1ccc(Cl)c(Cl)c1. The van der Waals surface area contributed by atoms with Crippen molar-refractivity contribution in [2.75, 3.05) is 5.75 Å². The third-order valence-electron chi connectivity index (χ3n) is 1.83. The molecule has 1 nitrogen and oxygen atoms in total. The van der Waals surface area contributed by atoms with Gasteiger partial charge in [0.05, 0.1) is 10.0 Å². The van der Waals surface area contributed by atoms with E-state index >= 15 is 0 Å². The maximum Gasteiger partial charge on any atom is 0.129 e. The van der Waals surface area contributed by atoms with Crippen LogP contribution < -0.4 is 0 Å². The van der Waals surface area contributed by atoms with Crippen LogP contribution in [0.4, 0.5) is 0 Å². The largest absolute Gasteiger partial charge is 0.300 e. The van der Waals surface area contributed by atoms with E-state index in [1.165, 1.54) is 0 Å². The average molecular weight is 263 g/mol. The van der Waals surface area contributed by atoms with Gasteiger partial charge in [-0.15, -0.1) is 11.8 Å². The van der Waals surface area contributed by atoms with Crippen molar-refractivity contribution in [3.63, 3.8) is 0 Å². The Morgan fingerprint density at radius 1 is 1.33 bits per heavy atom. The number of hydrogen-bond donors (Lipinski definition) is 0. The lowest BCUT2D eigenvalue weighted by atomic mass is 10.3. The summed E-state index contributed by atoms with van der Waals surface area (Å²) in [5, 5.41) is 1.15. The Bertz CT molecular complexity index is 352. The van der Waals surface area contributed by atoms with E-state index in [1.807, 2.05) is 12.1 Å². The van der Waals surface area contributed by atoms with Gasteiger partial charge in [-0.3, -0.25) is 0 Å². The lowest BCUT2D eigenvalue weighted by Gasteiger charge is -2.02. The summed E-state index contributed by atoms with van der Waals surface area (Å²) in [5.74, 6) is 1.17. The van der Waals surface area contributed by atoms with Crippen molar-refractivity contribution < 1.29 is 4.79 Å². The van der Waals surface area contributed by atoms with Crippen LogP contribution in [0, 0.1) is 0 Å². The van der Waals surface area contributed by atoms with Gasteiger partial charge in [-0.2, -0.15) is 0 Å². The summed E-state index contributed by atoms with van der Waals surface area (Å²) in [5.41, 5.74) is 0. The van der Waals surface area contributed by atoms with Gasteiger partial charge in [0.1, 0.15) is 5.78 Å². The summed E-state index contributed by atoms with van der Waals surface area (Å²) < 4.78 is 0. The van der Waals surface area contributed by atoms with Crippen molar-refractivity contribution in [3.8, 4) is 0 Å². The Hall–Kier alpha value is -0.180. The molecule has 4 heteroatoms. The molecule has 0 fully saturated rings. The second kappa shape index (κ2) is 6.41. The van der Waals surface area contributed by atoms with Crippen LogP contribution in [-0.4, -0.2) is 11.5 Å². The zero-order valence-corrected chi connectivity index (χ0v) is 10.8. The molecule has 0 bridgehead atoms. The molecule has 0 amide bonds. The maximum absolute atomic E-state index is 10.7. The van der Waals surface area contributed by atoms with Gasteiger partial charge in [0.2, 0.25) is 0 Å². The minimum Gasteiger partial charge on any atom is -0.300 e. The molecule has 0 atom stereocenters. The molecule has 15 heavy (non-hydrogen) atoms. The normalized spacial score (nSPS) is 10.3. The van der Waals surface area contributed by atoms with E-state index in [0.29, 0.717) is 16.5 Å². The first-order valence-corrected chi connectivity index (χ1v) is 6.41. The van der Waals surface area contributed by atoms with Crippen LogP contribution in [-0.2, 0) is 4.79 Å². The van der Waals surface area contributed by atoms with E-state index in [2.05, 4.69) is 0 Å². The highest BCUT2D eigenvalue weighted by molar-refractivity contribution is 7.99. The molecule has 0 unspecified atom stereocenters. The molecule has 0 heterocycles. The lowest BCUT2D eigenvalue weighted by Crippen LogP contribution is -1.90. The van der Waals surface area contributed by atoms with Gasteiger partial charge in [-0.1, -0.05) is 23.2 Å². The Morgan fingerprint density at radius 2 is 2.07 bits per heavy atom. The molecule has 1 aromatic carbocycles. The first kappa shape index (κ1) is 12.9. The van der Waals surface area contributed by atoms with Crippen LogP contribution in [0.3, 0.4) is 0 Å². The fraction of sp³-hybridized carbons (Fsp3) is 0.364. The van der Waals surface area contributed by atoms with Crippen molar-refractivity contribution in [1.29, 1.82) is 0 Å². The molecule has 0 aliphatic heterocycles. The molecular formula is C11H12Cl2OS. The van der Waals surface area contributed by atoms with E-state index in [9.17, 15) is 4.79 Å².